The van der Waals surface area contributed by atoms with Crippen LogP contribution < -0.4 is 4.90 Å². The van der Waals surface area contributed by atoms with Crippen LogP contribution in [0.15, 0.2) is 4.52 Å². The Labute approximate surface area is 126 Å². The first-order chi connectivity index (χ1) is 10.2. The molecule has 112 valence electrons. The minimum atomic E-state index is -0.0580. The zero-order chi connectivity index (χ0) is 14.4. The second-order valence-electron chi connectivity index (χ2n) is 5.68. The maximum atomic E-state index is 6.14. The van der Waals surface area contributed by atoms with Crippen LogP contribution in [0, 0.1) is 19.8 Å². The number of aryl methyl sites for hydroxylation is 2. The third-order valence-corrected chi connectivity index (χ3v) is 5.06. The number of rotatable bonds is 2. The van der Waals surface area contributed by atoms with E-state index in [4.69, 9.17) is 9.26 Å². The van der Waals surface area contributed by atoms with Gasteiger partial charge in [-0.1, -0.05) is 16.5 Å². The van der Waals surface area contributed by atoms with Crippen molar-refractivity contribution in [2.75, 3.05) is 18.0 Å². The van der Waals surface area contributed by atoms with Crippen LogP contribution in [0.25, 0.3) is 0 Å². The van der Waals surface area contributed by atoms with Crippen LogP contribution in [-0.4, -0.2) is 39.5 Å². The molecule has 0 amide bonds. The Morgan fingerprint density at radius 1 is 1.29 bits per heavy atom. The topological polar surface area (TPSA) is 77.2 Å². The van der Waals surface area contributed by atoms with Gasteiger partial charge in [-0.05, 0) is 32.6 Å². The minimum absolute atomic E-state index is 0.0580. The van der Waals surface area contributed by atoms with Gasteiger partial charge in [0, 0.05) is 13.1 Å². The molecule has 2 aromatic rings. The molecule has 2 fully saturated rings. The summed E-state index contributed by atoms with van der Waals surface area (Å²) in [6.45, 7) is 5.68. The summed E-state index contributed by atoms with van der Waals surface area (Å²) in [5.74, 6) is 1.84. The maximum absolute atomic E-state index is 6.14. The molecule has 0 N–H and O–H groups in total. The van der Waals surface area contributed by atoms with Crippen molar-refractivity contribution < 1.29 is 9.26 Å². The second kappa shape index (κ2) is 5.03. The smallest absolute Gasteiger partial charge is 0.255 e. The molecule has 0 radical (unpaired) electrons. The van der Waals surface area contributed by atoms with E-state index in [1.807, 2.05) is 13.8 Å². The standard InChI is InChI=1S/C13H17N5O2S/c1-7-14-12(20-17-7)10-5-9-3-4-18(6-11(9)19-10)13-16-15-8(2)21-13/h9-11H,3-6H2,1-2H3/t9-,10+,11+/m1/s1. The highest BCUT2D eigenvalue weighted by Gasteiger charge is 2.42. The Balaban J connectivity index is 1.47. The van der Waals surface area contributed by atoms with Gasteiger partial charge < -0.3 is 14.2 Å². The van der Waals surface area contributed by atoms with E-state index in [1.54, 1.807) is 11.3 Å². The van der Waals surface area contributed by atoms with Crippen molar-refractivity contribution in [3.63, 3.8) is 0 Å². The monoisotopic (exact) mass is 307 g/mol. The first-order valence-corrected chi connectivity index (χ1v) is 8.01. The van der Waals surface area contributed by atoms with Gasteiger partial charge in [0.25, 0.3) is 5.89 Å². The van der Waals surface area contributed by atoms with Crippen LogP contribution in [0.1, 0.15) is 35.7 Å². The molecule has 8 heteroatoms. The average Bonchev–Trinajstić information content (AvgIpc) is 3.16. The Hall–Kier alpha value is -1.54. The van der Waals surface area contributed by atoms with Gasteiger partial charge in [-0.15, -0.1) is 10.2 Å². The number of fused-ring (bicyclic) bond motifs is 1. The second-order valence-corrected chi connectivity index (χ2v) is 6.84. The molecular weight excluding hydrogens is 290 g/mol. The molecule has 0 aliphatic carbocycles. The summed E-state index contributed by atoms with van der Waals surface area (Å²) in [7, 11) is 0. The van der Waals surface area contributed by atoms with E-state index < -0.39 is 0 Å². The van der Waals surface area contributed by atoms with Crippen LogP contribution in [0.5, 0.6) is 0 Å². The summed E-state index contributed by atoms with van der Waals surface area (Å²) < 4.78 is 11.4. The van der Waals surface area contributed by atoms with Crippen molar-refractivity contribution in [1.82, 2.24) is 20.3 Å². The highest BCUT2D eigenvalue weighted by molar-refractivity contribution is 7.15. The number of ether oxygens (including phenoxy) is 1. The fourth-order valence-corrected chi connectivity index (χ4v) is 3.84. The van der Waals surface area contributed by atoms with Gasteiger partial charge in [0.05, 0.1) is 6.10 Å². The van der Waals surface area contributed by atoms with Crippen molar-refractivity contribution in [1.29, 1.82) is 0 Å². The first kappa shape index (κ1) is 13.1. The van der Waals surface area contributed by atoms with Gasteiger partial charge in [-0.2, -0.15) is 4.98 Å². The molecule has 7 nitrogen and oxygen atoms in total. The molecule has 4 rings (SSSR count). The summed E-state index contributed by atoms with van der Waals surface area (Å²) in [5.41, 5.74) is 0. The predicted octanol–water partition coefficient (Wildman–Crippen LogP) is 1.89. The van der Waals surface area contributed by atoms with Gasteiger partial charge in [0.1, 0.15) is 11.1 Å². The highest BCUT2D eigenvalue weighted by atomic mass is 32.1. The fraction of sp³-hybridized carbons (Fsp3) is 0.692. The first-order valence-electron chi connectivity index (χ1n) is 7.20. The van der Waals surface area contributed by atoms with Gasteiger partial charge >= 0.3 is 0 Å². The lowest BCUT2D eigenvalue weighted by Gasteiger charge is -2.33. The molecule has 0 unspecified atom stereocenters. The Morgan fingerprint density at radius 3 is 2.90 bits per heavy atom. The van der Waals surface area contributed by atoms with Crippen molar-refractivity contribution in [3.8, 4) is 0 Å². The van der Waals surface area contributed by atoms with Gasteiger partial charge in [-0.3, -0.25) is 0 Å². The normalized spacial score (nSPS) is 28.9. The molecule has 2 saturated heterocycles. The van der Waals surface area contributed by atoms with E-state index in [0.717, 1.165) is 36.1 Å². The van der Waals surface area contributed by atoms with Crippen molar-refractivity contribution >= 4 is 16.5 Å². The van der Waals surface area contributed by atoms with E-state index in [2.05, 4.69) is 25.2 Å². The summed E-state index contributed by atoms with van der Waals surface area (Å²) in [5, 5.41) is 14.2. The summed E-state index contributed by atoms with van der Waals surface area (Å²) in [6.07, 6.45) is 2.22. The largest absolute Gasteiger partial charge is 0.363 e. The van der Waals surface area contributed by atoms with Crippen molar-refractivity contribution in [3.05, 3.63) is 16.7 Å². The molecule has 21 heavy (non-hydrogen) atoms. The number of aromatic nitrogens is 4. The molecule has 4 heterocycles. The third-order valence-electron chi connectivity index (χ3n) is 4.16. The Kier molecular flexibility index (Phi) is 3.15. The number of piperidine rings is 1. The molecular formula is C13H17N5O2S. The van der Waals surface area contributed by atoms with Gasteiger partial charge in [0.2, 0.25) is 5.13 Å². The third kappa shape index (κ3) is 2.42. The molecule has 0 aromatic carbocycles. The van der Waals surface area contributed by atoms with E-state index in [9.17, 15) is 0 Å². The molecule has 0 bridgehead atoms. The molecule has 2 aromatic heterocycles. The molecule has 3 atom stereocenters. The molecule has 0 saturated carbocycles. The van der Waals surface area contributed by atoms with Crippen molar-refractivity contribution in [2.45, 2.75) is 38.9 Å². The van der Waals surface area contributed by atoms with Crippen LogP contribution >= 0.6 is 11.3 Å². The fourth-order valence-electron chi connectivity index (χ4n) is 3.12. The lowest BCUT2D eigenvalue weighted by atomic mass is 9.92. The molecule has 0 spiro atoms. The van der Waals surface area contributed by atoms with E-state index in [0.29, 0.717) is 17.6 Å². The van der Waals surface area contributed by atoms with E-state index in [1.165, 1.54) is 0 Å². The maximum Gasteiger partial charge on any atom is 0.255 e. The quantitative estimate of drug-likeness (QED) is 0.838. The molecule has 2 aliphatic rings. The van der Waals surface area contributed by atoms with Gasteiger partial charge in [-0.25, -0.2) is 0 Å². The zero-order valence-corrected chi connectivity index (χ0v) is 12.8. The van der Waals surface area contributed by atoms with Crippen molar-refractivity contribution in [2.24, 2.45) is 5.92 Å². The lowest BCUT2D eigenvalue weighted by Crippen LogP contribution is -2.42. The summed E-state index contributed by atoms with van der Waals surface area (Å²) >= 11 is 1.64. The SMILES string of the molecule is Cc1noc([C@@H]2C[C@H]3CCN(c4nnc(C)s4)C[C@@H]3O2)n1. The van der Waals surface area contributed by atoms with E-state index >= 15 is 0 Å². The summed E-state index contributed by atoms with van der Waals surface area (Å²) in [6, 6.07) is 0. The number of nitrogens with zero attached hydrogens (tertiary/aromatic N) is 5. The average molecular weight is 307 g/mol. The Morgan fingerprint density at radius 2 is 2.19 bits per heavy atom. The predicted molar refractivity (Wildman–Crippen MR) is 76.2 cm³/mol. The zero-order valence-electron chi connectivity index (χ0n) is 12.0. The Bertz CT molecular complexity index is 604. The lowest BCUT2D eigenvalue weighted by molar-refractivity contribution is 0.0164. The minimum Gasteiger partial charge on any atom is -0.363 e. The van der Waals surface area contributed by atoms with Crippen LogP contribution in [0.3, 0.4) is 0 Å². The van der Waals surface area contributed by atoms with Crippen LogP contribution in [-0.2, 0) is 4.74 Å². The van der Waals surface area contributed by atoms with E-state index in [-0.39, 0.29) is 12.2 Å². The molecule has 2 aliphatic heterocycles. The number of hydrogen-bond acceptors (Lipinski definition) is 8. The number of hydrogen-bond donors (Lipinski definition) is 0. The summed E-state index contributed by atoms with van der Waals surface area (Å²) in [4.78, 5) is 6.57. The van der Waals surface area contributed by atoms with Crippen LogP contribution in [0.4, 0.5) is 5.13 Å². The highest BCUT2D eigenvalue weighted by Crippen LogP contribution is 2.41. The van der Waals surface area contributed by atoms with Crippen LogP contribution in [0.2, 0.25) is 0 Å². The van der Waals surface area contributed by atoms with Gasteiger partial charge in [0.15, 0.2) is 5.82 Å². The number of anilines is 1.